The molecule has 0 spiro atoms. The van der Waals surface area contributed by atoms with Gasteiger partial charge < -0.3 is 9.84 Å². The van der Waals surface area contributed by atoms with Gasteiger partial charge in [-0.3, -0.25) is 4.79 Å². The molecule has 0 aliphatic carbocycles. The van der Waals surface area contributed by atoms with Crippen LogP contribution >= 0.6 is 11.3 Å². The SMILES string of the molecule is Cc1cc(OC[C@@H](C)c2cnc(-c3ccc(C(F)(F)F)cc3)s2)ccc1CCC(=O)O. The van der Waals surface area contributed by atoms with Gasteiger partial charge in [0.15, 0.2) is 0 Å². The summed E-state index contributed by atoms with van der Waals surface area (Å²) in [6.45, 7) is 4.34. The summed E-state index contributed by atoms with van der Waals surface area (Å²) in [5.74, 6) is -0.0719. The lowest BCUT2D eigenvalue weighted by molar-refractivity contribution is -0.138. The number of halogens is 3. The van der Waals surface area contributed by atoms with E-state index in [-0.39, 0.29) is 12.3 Å². The van der Waals surface area contributed by atoms with Crippen LogP contribution in [-0.4, -0.2) is 22.7 Å². The molecule has 164 valence electrons. The van der Waals surface area contributed by atoms with E-state index >= 15 is 0 Å². The molecule has 0 fully saturated rings. The molecule has 0 bridgehead atoms. The predicted molar refractivity (Wildman–Crippen MR) is 114 cm³/mol. The molecule has 0 amide bonds. The maximum absolute atomic E-state index is 12.7. The summed E-state index contributed by atoms with van der Waals surface area (Å²) in [6.07, 6.45) is -2.06. The van der Waals surface area contributed by atoms with Crippen molar-refractivity contribution in [1.29, 1.82) is 0 Å². The number of aryl methyl sites for hydroxylation is 2. The minimum atomic E-state index is -4.36. The molecule has 4 nitrogen and oxygen atoms in total. The molecule has 0 saturated carbocycles. The van der Waals surface area contributed by atoms with Crippen molar-refractivity contribution in [3.8, 4) is 16.3 Å². The van der Waals surface area contributed by atoms with E-state index < -0.39 is 17.7 Å². The molecule has 3 aromatic rings. The summed E-state index contributed by atoms with van der Waals surface area (Å²) < 4.78 is 44.1. The van der Waals surface area contributed by atoms with E-state index in [2.05, 4.69) is 4.98 Å². The molecule has 1 heterocycles. The van der Waals surface area contributed by atoms with Crippen LogP contribution in [0.25, 0.3) is 10.6 Å². The summed E-state index contributed by atoms with van der Waals surface area (Å²) >= 11 is 1.43. The number of carbonyl (C=O) groups is 1. The number of carboxylic acid groups (broad SMARTS) is 1. The van der Waals surface area contributed by atoms with Gasteiger partial charge in [0, 0.05) is 29.0 Å². The van der Waals surface area contributed by atoms with E-state index in [1.54, 1.807) is 6.20 Å². The number of aromatic nitrogens is 1. The third-order valence-corrected chi connectivity index (χ3v) is 6.17. The van der Waals surface area contributed by atoms with Gasteiger partial charge in [0.2, 0.25) is 0 Å². The Balaban J connectivity index is 1.60. The van der Waals surface area contributed by atoms with Crippen molar-refractivity contribution in [2.45, 2.75) is 38.8 Å². The van der Waals surface area contributed by atoms with Crippen molar-refractivity contribution in [1.82, 2.24) is 4.98 Å². The quantitative estimate of drug-likeness (QED) is 0.436. The number of thiazole rings is 1. The number of alkyl halides is 3. The fraction of sp³-hybridized carbons (Fsp3) is 0.304. The van der Waals surface area contributed by atoms with Gasteiger partial charge in [0.05, 0.1) is 12.2 Å². The molecule has 1 N–H and O–H groups in total. The zero-order valence-corrected chi connectivity index (χ0v) is 17.9. The Bertz CT molecular complexity index is 1040. The molecule has 1 aromatic heterocycles. The molecule has 0 radical (unpaired) electrons. The van der Waals surface area contributed by atoms with Crippen LogP contribution in [0, 0.1) is 6.92 Å². The average molecular weight is 449 g/mol. The Kier molecular flexibility index (Phi) is 7.00. The fourth-order valence-electron chi connectivity index (χ4n) is 3.03. The maximum Gasteiger partial charge on any atom is 0.416 e. The normalized spacial score (nSPS) is 12.5. The van der Waals surface area contributed by atoms with Crippen LogP contribution in [0.4, 0.5) is 13.2 Å². The van der Waals surface area contributed by atoms with Gasteiger partial charge in [-0.1, -0.05) is 25.1 Å². The minimum Gasteiger partial charge on any atom is -0.493 e. The Hall–Kier alpha value is -2.87. The van der Waals surface area contributed by atoms with Gasteiger partial charge in [-0.05, 0) is 48.7 Å². The monoisotopic (exact) mass is 449 g/mol. The number of ether oxygens (including phenoxy) is 1. The Morgan fingerprint density at radius 3 is 2.52 bits per heavy atom. The second kappa shape index (κ2) is 9.51. The molecule has 2 aromatic carbocycles. The van der Waals surface area contributed by atoms with Gasteiger partial charge in [0.1, 0.15) is 10.8 Å². The second-order valence-electron chi connectivity index (χ2n) is 7.34. The second-order valence-corrected chi connectivity index (χ2v) is 8.40. The van der Waals surface area contributed by atoms with Crippen LogP contribution in [0.3, 0.4) is 0 Å². The van der Waals surface area contributed by atoms with Crippen molar-refractivity contribution < 1.29 is 27.8 Å². The van der Waals surface area contributed by atoms with E-state index in [0.29, 0.717) is 29.3 Å². The highest BCUT2D eigenvalue weighted by molar-refractivity contribution is 7.15. The van der Waals surface area contributed by atoms with Gasteiger partial charge in [-0.15, -0.1) is 11.3 Å². The number of hydrogen-bond acceptors (Lipinski definition) is 4. The molecule has 3 rings (SSSR count). The number of aliphatic carboxylic acids is 1. The number of hydrogen-bond donors (Lipinski definition) is 1. The van der Waals surface area contributed by atoms with Crippen molar-refractivity contribution in [3.05, 3.63) is 70.2 Å². The highest BCUT2D eigenvalue weighted by Gasteiger charge is 2.30. The molecule has 8 heteroatoms. The van der Waals surface area contributed by atoms with Gasteiger partial charge in [-0.25, -0.2) is 4.98 Å². The molecule has 0 aliphatic rings. The molecular formula is C23H22F3NO3S. The lowest BCUT2D eigenvalue weighted by Gasteiger charge is -2.13. The standard InChI is InChI=1S/C23H22F3NO3S/c1-14-11-19(9-5-16(14)6-10-21(28)29)30-13-15(2)20-12-27-22(31-20)17-3-7-18(8-4-17)23(24,25)26/h3-5,7-9,11-12,15H,6,10,13H2,1-2H3,(H,28,29)/t15-/m1/s1. The van der Waals surface area contributed by atoms with Crippen molar-refractivity contribution in [2.75, 3.05) is 6.61 Å². The first kappa shape index (κ1) is 22.8. The third-order valence-electron chi connectivity index (χ3n) is 4.89. The molecule has 1 atom stereocenters. The van der Waals surface area contributed by atoms with E-state index in [9.17, 15) is 18.0 Å². The summed E-state index contributed by atoms with van der Waals surface area (Å²) in [6, 6.07) is 10.6. The van der Waals surface area contributed by atoms with Gasteiger partial charge in [0.25, 0.3) is 0 Å². The van der Waals surface area contributed by atoms with Crippen molar-refractivity contribution in [3.63, 3.8) is 0 Å². The number of benzene rings is 2. The zero-order valence-electron chi connectivity index (χ0n) is 17.1. The maximum atomic E-state index is 12.7. The fourth-order valence-corrected chi connectivity index (χ4v) is 3.99. The number of carboxylic acids is 1. The lowest BCUT2D eigenvalue weighted by Crippen LogP contribution is -2.06. The zero-order chi connectivity index (χ0) is 22.6. The highest BCUT2D eigenvalue weighted by Crippen LogP contribution is 2.33. The Morgan fingerprint density at radius 1 is 1.19 bits per heavy atom. The Labute approximate surface area is 182 Å². The van der Waals surface area contributed by atoms with Crippen LogP contribution < -0.4 is 4.74 Å². The van der Waals surface area contributed by atoms with Crippen LogP contribution in [0.5, 0.6) is 5.75 Å². The molecule has 0 unspecified atom stereocenters. The molecular weight excluding hydrogens is 427 g/mol. The summed E-state index contributed by atoms with van der Waals surface area (Å²) in [7, 11) is 0. The molecule has 0 aliphatic heterocycles. The first-order chi connectivity index (χ1) is 14.6. The topological polar surface area (TPSA) is 59.4 Å². The highest BCUT2D eigenvalue weighted by atomic mass is 32.1. The third kappa shape index (κ3) is 6.07. The van der Waals surface area contributed by atoms with Crippen LogP contribution in [-0.2, 0) is 17.4 Å². The van der Waals surface area contributed by atoms with E-state index in [4.69, 9.17) is 9.84 Å². The molecule has 0 saturated heterocycles. The number of nitrogens with zero attached hydrogens (tertiary/aromatic N) is 1. The minimum absolute atomic E-state index is 0.0488. The number of rotatable bonds is 8. The summed E-state index contributed by atoms with van der Waals surface area (Å²) in [5, 5.41) is 9.48. The van der Waals surface area contributed by atoms with Crippen LogP contribution in [0.15, 0.2) is 48.7 Å². The smallest absolute Gasteiger partial charge is 0.416 e. The van der Waals surface area contributed by atoms with E-state index in [1.807, 2.05) is 32.0 Å². The van der Waals surface area contributed by atoms with Crippen molar-refractivity contribution in [2.24, 2.45) is 0 Å². The van der Waals surface area contributed by atoms with Gasteiger partial charge >= 0.3 is 12.1 Å². The average Bonchev–Trinajstić information content (AvgIpc) is 3.21. The van der Waals surface area contributed by atoms with Crippen LogP contribution in [0.2, 0.25) is 0 Å². The van der Waals surface area contributed by atoms with Crippen molar-refractivity contribution >= 4 is 17.3 Å². The largest absolute Gasteiger partial charge is 0.493 e. The van der Waals surface area contributed by atoms with Gasteiger partial charge in [-0.2, -0.15) is 13.2 Å². The lowest BCUT2D eigenvalue weighted by atomic mass is 10.0. The van der Waals surface area contributed by atoms with E-state index in [0.717, 1.165) is 28.1 Å². The summed E-state index contributed by atoms with van der Waals surface area (Å²) in [4.78, 5) is 16.1. The summed E-state index contributed by atoms with van der Waals surface area (Å²) in [5.41, 5.74) is 1.92. The first-order valence-electron chi connectivity index (χ1n) is 9.71. The predicted octanol–water partition coefficient (Wildman–Crippen LogP) is 6.34. The Morgan fingerprint density at radius 2 is 1.90 bits per heavy atom. The first-order valence-corrected chi connectivity index (χ1v) is 10.5. The molecule has 31 heavy (non-hydrogen) atoms. The van der Waals surface area contributed by atoms with E-state index in [1.165, 1.54) is 23.5 Å². The van der Waals surface area contributed by atoms with Crippen LogP contribution in [0.1, 0.15) is 40.8 Å².